The van der Waals surface area contributed by atoms with E-state index in [2.05, 4.69) is 70.8 Å². The van der Waals surface area contributed by atoms with E-state index < -0.39 is 0 Å². The summed E-state index contributed by atoms with van der Waals surface area (Å²) in [6.07, 6.45) is 1.56. The summed E-state index contributed by atoms with van der Waals surface area (Å²) >= 11 is 5.62. The quantitative estimate of drug-likeness (QED) is 0.346. The number of hydrogen-bond donors (Lipinski definition) is 2. The Hall–Kier alpha value is -1.34. The Morgan fingerprint density at radius 1 is 1.20 bits per heavy atom. The highest BCUT2D eigenvalue weighted by Crippen LogP contribution is 2.26. The number of benzene rings is 1. The number of nitrogens with one attached hydrogen (secondary N) is 2. The lowest BCUT2D eigenvalue weighted by Gasteiger charge is -2.09. The fraction of sp³-hybridized carbons (Fsp3) is 0.125. The minimum Gasteiger partial charge on any atom is -0.320 e. The van der Waals surface area contributed by atoms with Crippen LogP contribution >= 0.6 is 56.5 Å². The van der Waals surface area contributed by atoms with Crippen LogP contribution in [0.1, 0.15) is 21.1 Å². The van der Waals surface area contributed by atoms with Gasteiger partial charge in [0.15, 0.2) is 5.13 Å². The van der Waals surface area contributed by atoms with Crippen molar-refractivity contribution in [1.29, 1.82) is 0 Å². The molecule has 9 heteroatoms. The Balaban J connectivity index is 1.75. The Labute approximate surface area is 176 Å². The number of rotatable bonds is 4. The third-order valence-electron chi connectivity index (χ3n) is 3.23. The largest absolute Gasteiger partial charge is 0.320 e. The molecule has 0 unspecified atom stereocenters. The third kappa shape index (κ3) is 4.64. The van der Waals surface area contributed by atoms with Gasteiger partial charge in [0.25, 0.3) is 5.91 Å². The topological polar surface area (TPSA) is 79.8 Å². The van der Waals surface area contributed by atoms with Gasteiger partial charge in [0.05, 0.1) is 11.9 Å². The average molecular weight is 577 g/mol. The summed E-state index contributed by atoms with van der Waals surface area (Å²) in [7, 11) is 0. The summed E-state index contributed by atoms with van der Waals surface area (Å²) in [6, 6.07) is 7.72. The van der Waals surface area contributed by atoms with Crippen LogP contribution in [0.2, 0.25) is 0 Å². The first-order valence-corrected chi connectivity index (χ1v) is 10.2. The van der Waals surface area contributed by atoms with Gasteiger partial charge in [-0.15, -0.1) is 0 Å². The van der Waals surface area contributed by atoms with Crippen LogP contribution in [0.5, 0.6) is 0 Å². The molecule has 0 radical (unpaired) electrons. The Morgan fingerprint density at radius 2 is 2.00 bits per heavy atom. The molecule has 3 rings (SSSR count). The van der Waals surface area contributed by atoms with Gasteiger partial charge in [-0.2, -0.15) is 0 Å². The van der Waals surface area contributed by atoms with Crippen LogP contribution in [0.3, 0.4) is 0 Å². The molecule has 0 aliphatic carbocycles. The summed E-state index contributed by atoms with van der Waals surface area (Å²) in [4.78, 5) is 25.8. The Kier molecular flexibility index (Phi) is 5.84. The lowest BCUT2D eigenvalue weighted by Crippen LogP contribution is -2.12. The molecule has 0 aliphatic rings. The van der Waals surface area contributed by atoms with E-state index in [0.29, 0.717) is 21.7 Å². The minimum atomic E-state index is -0.175. The van der Waals surface area contributed by atoms with Gasteiger partial charge in [-0.05, 0) is 70.7 Å². The summed E-state index contributed by atoms with van der Waals surface area (Å²) in [5.74, 6) is 1.16. The number of hydrogen-bond acceptors (Lipinski definition) is 6. The molecule has 128 valence electrons. The van der Waals surface area contributed by atoms with Crippen molar-refractivity contribution in [3.8, 4) is 0 Å². The number of aromatic nitrogens is 3. The molecule has 2 N–H and O–H groups in total. The first kappa shape index (κ1) is 18.5. The molecule has 0 spiro atoms. The van der Waals surface area contributed by atoms with Gasteiger partial charge in [0.2, 0.25) is 0 Å². The Bertz CT molecular complexity index is 904. The zero-order valence-electron chi connectivity index (χ0n) is 13.3. The first-order chi connectivity index (χ1) is 11.9. The second kappa shape index (κ2) is 7.91. The predicted octanol–water partition coefficient (Wildman–Crippen LogP) is 4.76. The number of halogens is 2. The summed E-state index contributed by atoms with van der Waals surface area (Å²) in [5.41, 5.74) is 1.85. The zero-order chi connectivity index (χ0) is 18.0. The molecule has 0 aliphatic heterocycles. The standard InChI is InChI=1S/C16H13I2N5OS/c1-8-4-3-5-10(17)14(8)23-15(24)11-7-19-16(25-11)22-13-6-12(18)20-9(2)21-13/h3-7H,1-2H3,(H,23,24)(H,19,20,21,22). The SMILES string of the molecule is Cc1nc(I)cc(Nc2ncc(C(=O)Nc3c(C)cccc3I)s2)n1. The van der Waals surface area contributed by atoms with Gasteiger partial charge in [-0.1, -0.05) is 23.5 Å². The molecule has 0 bridgehead atoms. The predicted molar refractivity (Wildman–Crippen MR) is 117 cm³/mol. The van der Waals surface area contributed by atoms with Gasteiger partial charge in [0.1, 0.15) is 20.2 Å². The average Bonchev–Trinajstić information content (AvgIpc) is 2.98. The molecule has 2 heterocycles. The van der Waals surface area contributed by atoms with Crippen LogP contribution in [0.4, 0.5) is 16.6 Å². The van der Waals surface area contributed by atoms with Crippen LogP contribution in [0.15, 0.2) is 30.5 Å². The van der Waals surface area contributed by atoms with Crippen molar-refractivity contribution in [2.45, 2.75) is 13.8 Å². The van der Waals surface area contributed by atoms with E-state index >= 15 is 0 Å². The molecule has 3 aromatic rings. The number of amides is 1. The summed E-state index contributed by atoms with van der Waals surface area (Å²) in [5, 5.41) is 6.69. The van der Waals surface area contributed by atoms with Crippen molar-refractivity contribution in [3.05, 3.63) is 54.0 Å². The minimum absolute atomic E-state index is 0.175. The second-order valence-corrected chi connectivity index (χ2v) is 8.46. The van der Waals surface area contributed by atoms with Crippen molar-refractivity contribution >= 4 is 79.1 Å². The smallest absolute Gasteiger partial charge is 0.267 e. The molecule has 0 fully saturated rings. The maximum Gasteiger partial charge on any atom is 0.267 e. The van der Waals surface area contributed by atoms with Crippen LogP contribution in [-0.4, -0.2) is 20.9 Å². The number of para-hydroxylation sites is 1. The van der Waals surface area contributed by atoms with E-state index in [4.69, 9.17) is 0 Å². The van der Waals surface area contributed by atoms with Crippen molar-refractivity contribution < 1.29 is 4.79 Å². The van der Waals surface area contributed by atoms with Gasteiger partial charge >= 0.3 is 0 Å². The number of carbonyl (C=O) groups is 1. The van der Waals surface area contributed by atoms with Gasteiger partial charge in [-0.25, -0.2) is 15.0 Å². The van der Waals surface area contributed by atoms with Crippen LogP contribution in [-0.2, 0) is 0 Å². The van der Waals surface area contributed by atoms with Crippen LogP contribution < -0.4 is 10.6 Å². The highest BCUT2D eigenvalue weighted by molar-refractivity contribution is 14.1. The molecule has 0 atom stereocenters. The van der Waals surface area contributed by atoms with E-state index in [1.807, 2.05) is 38.1 Å². The van der Waals surface area contributed by atoms with E-state index in [1.165, 1.54) is 11.3 Å². The maximum atomic E-state index is 12.5. The van der Waals surface area contributed by atoms with Crippen molar-refractivity contribution in [3.63, 3.8) is 0 Å². The number of carbonyl (C=O) groups excluding carboxylic acids is 1. The monoisotopic (exact) mass is 577 g/mol. The number of thiazole rings is 1. The third-order valence-corrected chi connectivity index (χ3v) is 5.59. The first-order valence-electron chi connectivity index (χ1n) is 7.23. The molecule has 2 aromatic heterocycles. The molecular formula is C16H13I2N5OS. The van der Waals surface area contributed by atoms with E-state index in [1.54, 1.807) is 6.20 Å². The highest BCUT2D eigenvalue weighted by Gasteiger charge is 2.14. The van der Waals surface area contributed by atoms with Crippen molar-refractivity contribution in [2.75, 3.05) is 10.6 Å². The van der Waals surface area contributed by atoms with E-state index in [-0.39, 0.29) is 5.91 Å². The molecule has 0 saturated heterocycles. The molecule has 0 saturated carbocycles. The van der Waals surface area contributed by atoms with E-state index in [9.17, 15) is 4.79 Å². The molecular weight excluding hydrogens is 564 g/mol. The zero-order valence-corrected chi connectivity index (χ0v) is 18.4. The second-order valence-electron chi connectivity index (χ2n) is 5.16. The van der Waals surface area contributed by atoms with Crippen LogP contribution in [0, 0.1) is 21.1 Å². The van der Waals surface area contributed by atoms with Gasteiger partial charge < -0.3 is 10.6 Å². The molecule has 6 nitrogen and oxygen atoms in total. The number of anilines is 3. The van der Waals surface area contributed by atoms with Gasteiger partial charge in [0, 0.05) is 9.64 Å². The number of aryl methyl sites for hydroxylation is 2. The lowest BCUT2D eigenvalue weighted by molar-refractivity contribution is 0.103. The van der Waals surface area contributed by atoms with Gasteiger partial charge in [-0.3, -0.25) is 4.79 Å². The van der Waals surface area contributed by atoms with E-state index in [0.717, 1.165) is 18.5 Å². The van der Waals surface area contributed by atoms with Crippen LogP contribution in [0.25, 0.3) is 0 Å². The summed E-state index contributed by atoms with van der Waals surface area (Å²) in [6.45, 7) is 3.80. The van der Waals surface area contributed by atoms with Crippen molar-refractivity contribution in [2.24, 2.45) is 0 Å². The highest BCUT2D eigenvalue weighted by atomic mass is 127. The molecule has 1 amide bonds. The molecule has 25 heavy (non-hydrogen) atoms. The normalized spacial score (nSPS) is 10.6. The number of nitrogens with zero attached hydrogens (tertiary/aromatic N) is 3. The fourth-order valence-corrected chi connectivity index (χ4v) is 4.24. The lowest BCUT2D eigenvalue weighted by atomic mass is 10.2. The molecule has 1 aromatic carbocycles. The fourth-order valence-electron chi connectivity index (χ4n) is 2.11. The van der Waals surface area contributed by atoms with Crippen molar-refractivity contribution in [1.82, 2.24) is 15.0 Å². The summed E-state index contributed by atoms with van der Waals surface area (Å²) < 4.78 is 1.84. The Morgan fingerprint density at radius 3 is 2.72 bits per heavy atom. The maximum absolute atomic E-state index is 12.5.